The van der Waals surface area contributed by atoms with Crippen LogP contribution in [0.25, 0.3) is 5.76 Å². The van der Waals surface area contributed by atoms with Crippen LogP contribution < -0.4 is 4.74 Å². The van der Waals surface area contributed by atoms with E-state index in [4.69, 9.17) is 4.74 Å². The maximum atomic E-state index is 13.5. The summed E-state index contributed by atoms with van der Waals surface area (Å²) in [6, 6.07) is 9.93. The number of aliphatic hydroxyl groups is 1. The van der Waals surface area contributed by atoms with E-state index < -0.39 is 23.5 Å². The van der Waals surface area contributed by atoms with Gasteiger partial charge in [0.2, 0.25) is 0 Å². The Labute approximate surface area is 181 Å². The number of aliphatic hydroxyl groups excluding tert-OH is 1. The second-order valence-corrected chi connectivity index (χ2v) is 7.76. The number of rotatable bonds is 7. The van der Waals surface area contributed by atoms with Crippen LogP contribution in [0, 0.1) is 12.7 Å². The predicted octanol–water partition coefficient (Wildman–Crippen LogP) is 3.52. The van der Waals surface area contributed by atoms with Gasteiger partial charge in [0, 0.05) is 18.7 Å². The molecule has 2 aromatic carbocycles. The Morgan fingerprint density at radius 2 is 1.84 bits per heavy atom. The Hall–Kier alpha value is -3.19. The van der Waals surface area contributed by atoms with E-state index in [-0.39, 0.29) is 11.3 Å². The number of benzene rings is 2. The van der Waals surface area contributed by atoms with E-state index in [0.29, 0.717) is 36.6 Å². The van der Waals surface area contributed by atoms with E-state index in [1.165, 1.54) is 29.2 Å². The first-order valence-electron chi connectivity index (χ1n) is 10.2. The van der Waals surface area contributed by atoms with E-state index in [0.717, 1.165) is 5.56 Å². The molecule has 0 spiro atoms. The molecule has 3 rings (SSSR count). The largest absolute Gasteiger partial charge is 0.507 e. The van der Waals surface area contributed by atoms with Gasteiger partial charge >= 0.3 is 0 Å². The summed E-state index contributed by atoms with van der Waals surface area (Å²) in [6.07, 6.45) is 0. The number of carbonyl (C=O) groups excluding carboxylic acids is 2. The van der Waals surface area contributed by atoms with Crippen LogP contribution in [0.4, 0.5) is 4.39 Å². The number of halogens is 1. The number of likely N-dealkylation sites (N-methyl/N-ethyl adjacent to an activating group) is 1. The maximum absolute atomic E-state index is 13.5. The highest BCUT2D eigenvalue weighted by Gasteiger charge is 2.45. The van der Waals surface area contributed by atoms with E-state index in [1.54, 1.807) is 18.2 Å². The van der Waals surface area contributed by atoms with Gasteiger partial charge in [0.1, 0.15) is 17.3 Å². The highest BCUT2D eigenvalue weighted by molar-refractivity contribution is 6.46. The lowest BCUT2D eigenvalue weighted by molar-refractivity contribution is -0.140. The van der Waals surface area contributed by atoms with Crippen molar-refractivity contribution in [1.29, 1.82) is 0 Å². The third-order valence-corrected chi connectivity index (χ3v) is 5.26. The van der Waals surface area contributed by atoms with Crippen molar-refractivity contribution in [3.63, 3.8) is 0 Å². The van der Waals surface area contributed by atoms with Crippen LogP contribution >= 0.6 is 0 Å². The molecule has 0 saturated carbocycles. The molecule has 7 heteroatoms. The summed E-state index contributed by atoms with van der Waals surface area (Å²) in [5.74, 6) is -1.43. The van der Waals surface area contributed by atoms with Crippen LogP contribution in [-0.4, -0.2) is 60.4 Å². The lowest BCUT2D eigenvalue weighted by atomic mass is 9.94. The number of Topliss-reactive ketones (excluding diaryl/α,β-unsaturated/α-hetero) is 1. The first kappa shape index (κ1) is 22.5. The fraction of sp³-hybridized carbons (Fsp3) is 0.333. The van der Waals surface area contributed by atoms with Gasteiger partial charge in [0.05, 0.1) is 18.2 Å². The highest BCUT2D eigenvalue weighted by atomic mass is 19.1. The number of carbonyl (C=O) groups is 2. The van der Waals surface area contributed by atoms with Crippen LogP contribution in [-0.2, 0) is 9.59 Å². The standard InChI is InChI=1S/C24H27FN2O4/c1-5-31-19-11-8-17(14-15(19)2)22(28)20-21(16-6-9-18(25)10-7-16)27(13-12-26(3)4)24(30)23(20)29/h6-11,14,21,28H,5,12-13H2,1-4H3/t21-/m0/s1. The van der Waals surface area contributed by atoms with Gasteiger partial charge in [-0.15, -0.1) is 0 Å². The second kappa shape index (κ2) is 9.31. The molecule has 1 heterocycles. The van der Waals surface area contributed by atoms with Crippen molar-refractivity contribution in [2.24, 2.45) is 0 Å². The molecule has 1 aliphatic heterocycles. The van der Waals surface area contributed by atoms with Crippen molar-refractivity contribution >= 4 is 17.4 Å². The molecule has 0 aromatic heterocycles. The summed E-state index contributed by atoms with van der Waals surface area (Å²) in [6.45, 7) is 5.06. The van der Waals surface area contributed by atoms with Crippen LogP contribution in [0.3, 0.4) is 0 Å². The summed E-state index contributed by atoms with van der Waals surface area (Å²) in [7, 11) is 3.73. The third-order valence-electron chi connectivity index (χ3n) is 5.26. The minimum atomic E-state index is -0.799. The van der Waals surface area contributed by atoms with Gasteiger partial charge in [0.25, 0.3) is 11.7 Å². The van der Waals surface area contributed by atoms with Crippen LogP contribution in [0.15, 0.2) is 48.0 Å². The van der Waals surface area contributed by atoms with Crippen molar-refractivity contribution in [2.45, 2.75) is 19.9 Å². The molecule has 0 unspecified atom stereocenters. The molecule has 2 aromatic rings. The molecule has 0 bridgehead atoms. The molecular formula is C24H27FN2O4. The minimum Gasteiger partial charge on any atom is -0.507 e. The number of hydrogen-bond donors (Lipinski definition) is 1. The molecule has 1 N–H and O–H groups in total. The molecule has 1 amide bonds. The normalized spacial score (nSPS) is 18.1. The zero-order chi connectivity index (χ0) is 22.7. The number of nitrogens with zero attached hydrogens (tertiary/aromatic N) is 2. The third kappa shape index (κ3) is 4.61. The SMILES string of the molecule is CCOc1ccc(C(O)=C2C(=O)C(=O)N(CCN(C)C)[C@H]2c2ccc(F)cc2)cc1C. The first-order chi connectivity index (χ1) is 14.7. The van der Waals surface area contributed by atoms with Gasteiger partial charge in [-0.1, -0.05) is 12.1 Å². The Kier molecular flexibility index (Phi) is 6.75. The van der Waals surface area contributed by atoms with Gasteiger partial charge in [-0.25, -0.2) is 4.39 Å². The molecule has 0 aliphatic carbocycles. The summed E-state index contributed by atoms with van der Waals surface area (Å²) in [5, 5.41) is 11.1. The zero-order valence-corrected chi connectivity index (χ0v) is 18.2. The fourth-order valence-electron chi connectivity index (χ4n) is 3.68. The van der Waals surface area contributed by atoms with Crippen LogP contribution in [0.5, 0.6) is 5.75 Å². The van der Waals surface area contributed by atoms with Crippen molar-refractivity contribution < 1.29 is 23.8 Å². The molecule has 31 heavy (non-hydrogen) atoms. The van der Waals surface area contributed by atoms with Crippen LogP contribution in [0.1, 0.15) is 29.7 Å². The Morgan fingerprint density at radius 3 is 2.42 bits per heavy atom. The topological polar surface area (TPSA) is 70.1 Å². The number of amides is 1. The molecule has 1 fully saturated rings. The van der Waals surface area contributed by atoms with Crippen molar-refractivity contribution in [3.05, 3.63) is 70.5 Å². The van der Waals surface area contributed by atoms with Crippen molar-refractivity contribution in [1.82, 2.24) is 9.80 Å². The molecule has 6 nitrogen and oxygen atoms in total. The number of ketones is 1. The number of ether oxygens (including phenoxy) is 1. The quantitative estimate of drug-likeness (QED) is 0.417. The van der Waals surface area contributed by atoms with E-state index in [9.17, 15) is 19.1 Å². The molecule has 164 valence electrons. The molecule has 1 atom stereocenters. The second-order valence-electron chi connectivity index (χ2n) is 7.76. The van der Waals surface area contributed by atoms with Gasteiger partial charge in [-0.2, -0.15) is 0 Å². The molecule has 1 aliphatic rings. The summed E-state index contributed by atoms with van der Waals surface area (Å²) >= 11 is 0. The Bertz CT molecular complexity index is 1010. The van der Waals surface area contributed by atoms with Gasteiger partial charge in [-0.05, 0) is 69.4 Å². The first-order valence-corrected chi connectivity index (χ1v) is 10.2. The van der Waals surface area contributed by atoms with Crippen molar-refractivity contribution in [3.8, 4) is 5.75 Å². The Morgan fingerprint density at radius 1 is 1.16 bits per heavy atom. The van der Waals surface area contributed by atoms with Gasteiger partial charge in [0.15, 0.2) is 0 Å². The smallest absolute Gasteiger partial charge is 0.295 e. The molecular weight excluding hydrogens is 399 g/mol. The van der Waals surface area contributed by atoms with E-state index in [1.807, 2.05) is 32.8 Å². The predicted molar refractivity (Wildman–Crippen MR) is 116 cm³/mol. The van der Waals surface area contributed by atoms with Crippen molar-refractivity contribution in [2.75, 3.05) is 33.8 Å². The minimum absolute atomic E-state index is 0.000996. The lowest BCUT2D eigenvalue weighted by Crippen LogP contribution is -2.35. The number of aryl methyl sites for hydroxylation is 1. The average Bonchev–Trinajstić information content (AvgIpc) is 2.98. The van der Waals surface area contributed by atoms with Gasteiger partial charge in [-0.3, -0.25) is 9.59 Å². The molecule has 1 saturated heterocycles. The average molecular weight is 426 g/mol. The summed E-state index contributed by atoms with van der Waals surface area (Å²) in [5.41, 5.74) is 1.77. The van der Waals surface area contributed by atoms with E-state index >= 15 is 0 Å². The summed E-state index contributed by atoms with van der Waals surface area (Å²) in [4.78, 5) is 29.1. The molecule has 0 radical (unpaired) electrons. The highest BCUT2D eigenvalue weighted by Crippen LogP contribution is 2.39. The fourth-order valence-corrected chi connectivity index (χ4v) is 3.68. The maximum Gasteiger partial charge on any atom is 0.295 e. The monoisotopic (exact) mass is 426 g/mol. The number of likely N-dealkylation sites (tertiary alicyclic amines) is 1. The Balaban J connectivity index is 2.12. The van der Waals surface area contributed by atoms with E-state index in [2.05, 4.69) is 0 Å². The number of hydrogen-bond acceptors (Lipinski definition) is 5. The van der Waals surface area contributed by atoms with Crippen LogP contribution in [0.2, 0.25) is 0 Å². The zero-order valence-electron chi connectivity index (χ0n) is 18.2. The van der Waals surface area contributed by atoms with Gasteiger partial charge < -0.3 is 19.6 Å². The lowest BCUT2D eigenvalue weighted by Gasteiger charge is -2.26. The summed E-state index contributed by atoms with van der Waals surface area (Å²) < 4.78 is 19.1.